The SMILES string of the molecule is Cc1ccc(C(=O)NC2CCCC(C)C2C)c(C)c1. The van der Waals surface area contributed by atoms with Crippen LogP contribution in [0.5, 0.6) is 0 Å². The van der Waals surface area contributed by atoms with Crippen LogP contribution in [0.1, 0.15) is 54.6 Å². The Hall–Kier alpha value is -1.31. The van der Waals surface area contributed by atoms with E-state index >= 15 is 0 Å². The van der Waals surface area contributed by atoms with Gasteiger partial charge in [-0.05, 0) is 43.7 Å². The maximum atomic E-state index is 12.4. The van der Waals surface area contributed by atoms with E-state index in [0.717, 1.165) is 17.5 Å². The highest BCUT2D eigenvalue weighted by Crippen LogP contribution is 2.29. The fraction of sp³-hybridized carbons (Fsp3) is 0.588. The maximum Gasteiger partial charge on any atom is 0.251 e. The second-order valence-corrected chi connectivity index (χ2v) is 6.17. The average Bonchev–Trinajstić information content (AvgIpc) is 2.34. The van der Waals surface area contributed by atoms with Gasteiger partial charge in [0.2, 0.25) is 0 Å². The summed E-state index contributed by atoms with van der Waals surface area (Å²) in [6, 6.07) is 6.35. The molecule has 1 aromatic carbocycles. The highest BCUT2D eigenvalue weighted by atomic mass is 16.1. The van der Waals surface area contributed by atoms with E-state index in [1.807, 2.05) is 19.1 Å². The fourth-order valence-corrected chi connectivity index (χ4v) is 3.10. The smallest absolute Gasteiger partial charge is 0.251 e. The Bertz CT molecular complexity index is 466. The molecule has 0 aliphatic heterocycles. The molecule has 2 rings (SSSR count). The molecule has 0 bridgehead atoms. The summed E-state index contributed by atoms with van der Waals surface area (Å²) in [5, 5.41) is 3.24. The van der Waals surface area contributed by atoms with Gasteiger partial charge < -0.3 is 5.32 Å². The zero-order chi connectivity index (χ0) is 14.0. The highest BCUT2D eigenvalue weighted by molar-refractivity contribution is 5.95. The van der Waals surface area contributed by atoms with E-state index in [-0.39, 0.29) is 5.91 Å². The van der Waals surface area contributed by atoms with E-state index in [1.54, 1.807) is 0 Å². The van der Waals surface area contributed by atoms with Crippen LogP contribution in [0.3, 0.4) is 0 Å². The summed E-state index contributed by atoms with van der Waals surface area (Å²) in [4.78, 5) is 12.4. The number of hydrogen-bond donors (Lipinski definition) is 1. The lowest BCUT2D eigenvalue weighted by Crippen LogP contribution is -2.43. The van der Waals surface area contributed by atoms with E-state index < -0.39 is 0 Å². The Morgan fingerprint density at radius 2 is 1.95 bits per heavy atom. The molecule has 0 saturated heterocycles. The van der Waals surface area contributed by atoms with Crippen molar-refractivity contribution in [2.75, 3.05) is 0 Å². The van der Waals surface area contributed by atoms with E-state index in [0.29, 0.717) is 17.9 Å². The molecule has 1 fully saturated rings. The molecule has 2 nitrogen and oxygen atoms in total. The molecule has 3 atom stereocenters. The van der Waals surface area contributed by atoms with E-state index in [1.165, 1.54) is 18.4 Å². The third-order valence-electron chi connectivity index (χ3n) is 4.65. The van der Waals surface area contributed by atoms with Crippen LogP contribution in [-0.2, 0) is 0 Å². The number of nitrogens with one attached hydrogen (secondary N) is 1. The summed E-state index contributed by atoms with van der Waals surface area (Å²) in [6.07, 6.45) is 3.63. The molecule has 2 heteroatoms. The van der Waals surface area contributed by atoms with Gasteiger partial charge in [-0.15, -0.1) is 0 Å². The molecule has 1 N–H and O–H groups in total. The number of carbonyl (C=O) groups excluding carboxylic acids is 1. The summed E-state index contributed by atoms with van der Waals surface area (Å²) >= 11 is 0. The van der Waals surface area contributed by atoms with Gasteiger partial charge in [0.25, 0.3) is 5.91 Å². The second-order valence-electron chi connectivity index (χ2n) is 6.17. The minimum Gasteiger partial charge on any atom is -0.349 e. The number of aryl methyl sites for hydroxylation is 2. The fourth-order valence-electron chi connectivity index (χ4n) is 3.10. The van der Waals surface area contributed by atoms with Crippen molar-refractivity contribution in [1.29, 1.82) is 0 Å². The Balaban J connectivity index is 2.08. The van der Waals surface area contributed by atoms with Gasteiger partial charge in [-0.3, -0.25) is 4.79 Å². The van der Waals surface area contributed by atoms with Crippen LogP contribution < -0.4 is 5.32 Å². The van der Waals surface area contributed by atoms with Crippen molar-refractivity contribution in [1.82, 2.24) is 5.32 Å². The Labute approximate surface area is 116 Å². The van der Waals surface area contributed by atoms with Gasteiger partial charge in [0.1, 0.15) is 0 Å². The van der Waals surface area contributed by atoms with E-state index in [2.05, 4.69) is 32.2 Å². The van der Waals surface area contributed by atoms with Crippen molar-refractivity contribution in [3.63, 3.8) is 0 Å². The number of benzene rings is 1. The second kappa shape index (κ2) is 5.77. The number of hydrogen-bond acceptors (Lipinski definition) is 1. The van der Waals surface area contributed by atoms with Crippen LogP contribution in [0.4, 0.5) is 0 Å². The van der Waals surface area contributed by atoms with Gasteiger partial charge >= 0.3 is 0 Å². The first kappa shape index (κ1) is 14.1. The summed E-state index contributed by atoms with van der Waals surface area (Å²) in [5.41, 5.74) is 3.08. The van der Waals surface area contributed by atoms with Crippen molar-refractivity contribution < 1.29 is 4.79 Å². The topological polar surface area (TPSA) is 29.1 Å². The molecular formula is C17H25NO. The van der Waals surface area contributed by atoms with Gasteiger partial charge in [0.15, 0.2) is 0 Å². The normalized spacial score (nSPS) is 27.1. The van der Waals surface area contributed by atoms with Gasteiger partial charge in [0.05, 0.1) is 0 Å². The summed E-state index contributed by atoms with van der Waals surface area (Å²) in [6.45, 7) is 8.62. The molecule has 0 heterocycles. The predicted molar refractivity (Wildman–Crippen MR) is 79.3 cm³/mol. The van der Waals surface area contributed by atoms with Crippen LogP contribution in [0, 0.1) is 25.7 Å². The van der Waals surface area contributed by atoms with Gasteiger partial charge in [-0.1, -0.05) is 44.4 Å². The molecule has 1 aliphatic carbocycles. The Morgan fingerprint density at radius 3 is 2.63 bits per heavy atom. The Morgan fingerprint density at radius 1 is 1.21 bits per heavy atom. The Kier molecular flexibility index (Phi) is 4.28. The van der Waals surface area contributed by atoms with Gasteiger partial charge in [-0.2, -0.15) is 0 Å². The summed E-state index contributed by atoms with van der Waals surface area (Å²) in [7, 11) is 0. The van der Waals surface area contributed by atoms with Crippen molar-refractivity contribution >= 4 is 5.91 Å². The molecule has 104 valence electrons. The predicted octanol–water partition coefficient (Wildman–Crippen LogP) is 3.86. The monoisotopic (exact) mass is 259 g/mol. The average molecular weight is 259 g/mol. The van der Waals surface area contributed by atoms with Gasteiger partial charge in [-0.25, -0.2) is 0 Å². The van der Waals surface area contributed by atoms with E-state index in [4.69, 9.17) is 0 Å². The summed E-state index contributed by atoms with van der Waals surface area (Å²) < 4.78 is 0. The van der Waals surface area contributed by atoms with Crippen molar-refractivity contribution in [3.8, 4) is 0 Å². The molecule has 19 heavy (non-hydrogen) atoms. The lowest BCUT2D eigenvalue weighted by atomic mass is 9.78. The van der Waals surface area contributed by atoms with Crippen LogP contribution in [0.25, 0.3) is 0 Å². The largest absolute Gasteiger partial charge is 0.349 e. The van der Waals surface area contributed by atoms with Crippen LogP contribution >= 0.6 is 0 Å². The molecule has 0 radical (unpaired) electrons. The minimum atomic E-state index is 0.0865. The van der Waals surface area contributed by atoms with Crippen molar-refractivity contribution in [2.24, 2.45) is 11.8 Å². The number of carbonyl (C=O) groups is 1. The molecule has 1 amide bonds. The van der Waals surface area contributed by atoms with Crippen molar-refractivity contribution in [2.45, 2.75) is 53.0 Å². The minimum absolute atomic E-state index is 0.0865. The molecule has 1 aliphatic rings. The molecule has 0 spiro atoms. The maximum absolute atomic E-state index is 12.4. The third-order valence-corrected chi connectivity index (χ3v) is 4.65. The van der Waals surface area contributed by atoms with Crippen LogP contribution in [0.15, 0.2) is 18.2 Å². The highest BCUT2D eigenvalue weighted by Gasteiger charge is 2.28. The molecule has 1 saturated carbocycles. The van der Waals surface area contributed by atoms with E-state index in [9.17, 15) is 4.79 Å². The number of rotatable bonds is 2. The van der Waals surface area contributed by atoms with Crippen LogP contribution in [0.2, 0.25) is 0 Å². The lowest BCUT2D eigenvalue weighted by Gasteiger charge is -2.34. The zero-order valence-corrected chi connectivity index (χ0v) is 12.5. The molecule has 0 aromatic heterocycles. The standard InChI is InChI=1S/C17H25NO/c1-11-8-9-15(13(3)10-11)17(19)18-16-7-5-6-12(2)14(16)4/h8-10,12,14,16H,5-7H2,1-4H3,(H,18,19). The third kappa shape index (κ3) is 3.17. The van der Waals surface area contributed by atoms with Crippen molar-refractivity contribution in [3.05, 3.63) is 34.9 Å². The summed E-state index contributed by atoms with van der Waals surface area (Å²) in [5.74, 6) is 1.37. The van der Waals surface area contributed by atoms with Gasteiger partial charge in [0, 0.05) is 11.6 Å². The van der Waals surface area contributed by atoms with Crippen LogP contribution in [-0.4, -0.2) is 11.9 Å². The quantitative estimate of drug-likeness (QED) is 0.858. The first-order chi connectivity index (χ1) is 8.99. The first-order valence-electron chi connectivity index (χ1n) is 7.37. The molecular weight excluding hydrogens is 234 g/mol. The molecule has 3 unspecified atom stereocenters. The lowest BCUT2D eigenvalue weighted by molar-refractivity contribution is 0.0890. The molecule has 1 aromatic rings. The number of amides is 1. The zero-order valence-electron chi connectivity index (χ0n) is 12.5. The first-order valence-corrected chi connectivity index (χ1v) is 7.37.